The zero-order valence-electron chi connectivity index (χ0n) is 23.0. The first kappa shape index (κ1) is 28.2. The number of hydrogen-bond donors (Lipinski definition) is 0. The lowest BCUT2D eigenvalue weighted by Crippen LogP contribution is -2.31. The molecule has 3 unspecified atom stereocenters. The molecule has 0 bridgehead atoms. The fourth-order valence-electron chi connectivity index (χ4n) is 5.79. The molecule has 2 fully saturated rings. The topological polar surface area (TPSA) is 107 Å². The Labute approximate surface area is 251 Å². The van der Waals surface area contributed by atoms with E-state index in [-0.39, 0.29) is 40.5 Å². The van der Waals surface area contributed by atoms with E-state index in [1.807, 2.05) is 18.2 Å². The van der Waals surface area contributed by atoms with Crippen molar-refractivity contribution in [3.63, 3.8) is 0 Å². The molecule has 1 aliphatic carbocycles. The van der Waals surface area contributed by atoms with Gasteiger partial charge < -0.3 is 9.47 Å². The summed E-state index contributed by atoms with van der Waals surface area (Å²) in [6, 6.07) is 25.6. The first-order chi connectivity index (χ1) is 20.9. The minimum absolute atomic E-state index is 0.124. The Hall–Kier alpha value is -4.89. The largest absolute Gasteiger partial charge is 0.454 e. The second-order valence-electron chi connectivity index (χ2n) is 10.6. The number of benzene rings is 3. The van der Waals surface area contributed by atoms with Crippen LogP contribution in [0.1, 0.15) is 61.1 Å². The number of esters is 2. The molecular formula is C34H27NO7S. The maximum Gasteiger partial charge on any atom is 0.353 e. The fraction of sp³-hybridized carbons (Fsp3) is 0.206. The molecule has 6 rings (SSSR count). The van der Waals surface area contributed by atoms with Crippen molar-refractivity contribution in [1.29, 1.82) is 0 Å². The molecule has 1 saturated carbocycles. The Morgan fingerprint density at radius 3 is 2.28 bits per heavy atom. The number of ether oxygens (including phenoxy) is 2. The van der Waals surface area contributed by atoms with Gasteiger partial charge >= 0.3 is 11.9 Å². The summed E-state index contributed by atoms with van der Waals surface area (Å²) in [5, 5.41) is 1.77. The zero-order chi connectivity index (χ0) is 29.9. The van der Waals surface area contributed by atoms with E-state index in [4.69, 9.17) is 9.47 Å². The van der Waals surface area contributed by atoms with Crippen LogP contribution >= 0.6 is 11.3 Å². The van der Waals surface area contributed by atoms with Crippen LogP contribution in [0.5, 0.6) is 5.75 Å². The van der Waals surface area contributed by atoms with E-state index >= 15 is 0 Å². The molecule has 3 aromatic carbocycles. The highest BCUT2D eigenvalue weighted by Crippen LogP contribution is 2.45. The number of anilines is 1. The van der Waals surface area contributed by atoms with Gasteiger partial charge in [0.15, 0.2) is 12.4 Å². The average molecular weight is 594 g/mol. The van der Waals surface area contributed by atoms with Gasteiger partial charge in [0.05, 0.1) is 23.1 Å². The molecule has 8 nitrogen and oxygen atoms in total. The van der Waals surface area contributed by atoms with Crippen molar-refractivity contribution in [2.45, 2.75) is 25.2 Å². The van der Waals surface area contributed by atoms with Crippen LogP contribution in [0.25, 0.3) is 0 Å². The highest BCUT2D eigenvalue weighted by molar-refractivity contribution is 7.12. The van der Waals surface area contributed by atoms with Crippen LogP contribution in [0, 0.1) is 11.8 Å². The Kier molecular flexibility index (Phi) is 7.98. The summed E-state index contributed by atoms with van der Waals surface area (Å²) in [5.74, 6) is -2.44. The number of nitrogens with zero attached hydrogens (tertiary/aromatic N) is 1. The SMILES string of the molecule is O=C(COC(=O)c1cccc(N2C(=O)C3CCC(c4ccccc4)CC3C2=O)c1)c1ccc(OC(=O)c2cccs2)cc1. The van der Waals surface area contributed by atoms with Gasteiger partial charge in [-0.3, -0.25) is 19.3 Å². The normalized spacial score (nSPS) is 19.5. The van der Waals surface area contributed by atoms with Crippen LogP contribution in [0.4, 0.5) is 5.69 Å². The third kappa shape index (κ3) is 5.89. The van der Waals surface area contributed by atoms with E-state index < -0.39 is 30.2 Å². The van der Waals surface area contributed by atoms with E-state index in [0.29, 0.717) is 23.4 Å². The molecule has 3 atom stereocenters. The Morgan fingerprint density at radius 2 is 1.53 bits per heavy atom. The Balaban J connectivity index is 1.07. The van der Waals surface area contributed by atoms with Gasteiger partial charge in [0.2, 0.25) is 11.8 Å². The number of Topliss-reactive ketones (excluding diaryl/α,β-unsaturated/α-hetero) is 1. The van der Waals surface area contributed by atoms with E-state index in [1.165, 1.54) is 58.2 Å². The predicted molar refractivity (Wildman–Crippen MR) is 159 cm³/mol. The first-order valence-corrected chi connectivity index (χ1v) is 14.9. The number of carbonyl (C=O) groups excluding carboxylic acids is 5. The van der Waals surface area contributed by atoms with Crippen molar-refractivity contribution < 1.29 is 33.4 Å². The lowest BCUT2D eigenvalue weighted by Gasteiger charge is -2.28. The minimum Gasteiger partial charge on any atom is -0.454 e. The van der Waals surface area contributed by atoms with Gasteiger partial charge in [0.25, 0.3) is 0 Å². The standard InChI is InChI=1S/C34H27NO7S/c36-29(22-11-14-26(15-12-22)42-34(40)30-10-5-17-43-30)20-41-33(39)24-8-4-9-25(18-24)35-31(37)27-16-13-23(19-28(27)32(35)38)21-6-2-1-3-7-21/h1-12,14-15,17-18,23,27-28H,13,16,19-20H2. The molecule has 2 aliphatic rings. The first-order valence-electron chi connectivity index (χ1n) is 14.0. The zero-order valence-corrected chi connectivity index (χ0v) is 23.8. The van der Waals surface area contributed by atoms with Gasteiger partial charge in [0, 0.05) is 5.56 Å². The summed E-state index contributed by atoms with van der Waals surface area (Å²) in [4.78, 5) is 66.0. The van der Waals surface area contributed by atoms with E-state index in [1.54, 1.807) is 29.6 Å². The molecule has 2 heterocycles. The summed E-state index contributed by atoms with van der Waals surface area (Å²) >= 11 is 1.26. The number of carbonyl (C=O) groups is 5. The molecule has 1 aromatic heterocycles. The molecular weight excluding hydrogens is 566 g/mol. The molecule has 4 aromatic rings. The van der Waals surface area contributed by atoms with Gasteiger partial charge in [-0.1, -0.05) is 42.5 Å². The summed E-state index contributed by atoms with van der Waals surface area (Å²) in [6.07, 6.45) is 2.08. The molecule has 0 spiro atoms. The molecule has 2 amide bonds. The van der Waals surface area contributed by atoms with Gasteiger partial charge in [0.1, 0.15) is 10.6 Å². The highest BCUT2D eigenvalue weighted by atomic mass is 32.1. The van der Waals surface area contributed by atoms with E-state index in [0.717, 1.165) is 6.42 Å². The number of ketones is 1. The molecule has 216 valence electrons. The number of hydrogen-bond acceptors (Lipinski definition) is 8. The number of thiophene rings is 1. The van der Waals surface area contributed by atoms with Crippen molar-refractivity contribution >= 4 is 46.6 Å². The van der Waals surface area contributed by atoms with Gasteiger partial charge in [-0.15, -0.1) is 11.3 Å². The number of rotatable bonds is 8. The van der Waals surface area contributed by atoms with Crippen molar-refractivity contribution in [2.24, 2.45) is 11.8 Å². The second kappa shape index (κ2) is 12.1. The van der Waals surface area contributed by atoms with Gasteiger partial charge in [-0.25, -0.2) is 9.59 Å². The fourth-order valence-corrected chi connectivity index (χ4v) is 6.39. The number of amides is 2. The van der Waals surface area contributed by atoms with Gasteiger partial charge in [-0.2, -0.15) is 0 Å². The third-order valence-electron chi connectivity index (χ3n) is 7.98. The lowest BCUT2D eigenvalue weighted by molar-refractivity contribution is -0.122. The van der Waals surface area contributed by atoms with E-state index in [9.17, 15) is 24.0 Å². The van der Waals surface area contributed by atoms with Crippen LogP contribution in [-0.4, -0.2) is 36.1 Å². The van der Waals surface area contributed by atoms with Crippen molar-refractivity contribution in [2.75, 3.05) is 11.5 Å². The second-order valence-corrected chi connectivity index (χ2v) is 11.5. The van der Waals surface area contributed by atoms with Crippen LogP contribution in [-0.2, 0) is 14.3 Å². The summed E-state index contributed by atoms with van der Waals surface area (Å²) < 4.78 is 10.6. The maximum atomic E-state index is 13.4. The Morgan fingerprint density at radius 1 is 0.767 bits per heavy atom. The number of fused-ring (bicyclic) bond motifs is 1. The van der Waals surface area contributed by atoms with Crippen LogP contribution in [0.2, 0.25) is 0 Å². The average Bonchev–Trinajstić information content (AvgIpc) is 3.67. The van der Waals surface area contributed by atoms with Gasteiger partial charge in [-0.05, 0) is 84.7 Å². The summed E-state index contributed by atoms with van der Waals surface area (Å²) in [6.45, 7) is -0.510. The number of imide groups is 1. The molecule has 0 N–H and O–H groups in total. The van der Waals surface area contributed by atoms with Crippen molar-refractivity contribution in [3.8, 4) is 5.75 Å². The molecule has 9 heteroatoms. The predicted octanol–water partition coefficient (Wildman–Crippen LogP) is 6.08. The molecule has 0 radical (unpaired) electrons. The quantitative estimate of drug-likeness (QED) is 0.105. The maximum absolute atomic E-state index is 13.4. The minimum atomic E-state index is -0.752. The highest BCUT2D eigenvalue weighted by Gasteiger charge is 2.50. The summed E-state index contributed by atoms with van der Waals surface area (Å²) in [7, 11) is 0. The third-order valence-corrected chi connectivity index (χ3v) is 8.83. The Bertz CT molecular complexity index is 1680. The van der Waals surface area contributed by atoms with Crippen LogP contribution in [0.3, 0.4) is 0 Å². The van der Waals surface area contributed by atoms with Crippen molar-refractivity contribution in [3.05, 3.63) is 118 Å². The van der Waals surface area contributed by atoms with Crippen LogP contribution in [0.15, 0.2) is 96.4 Å². The monoisotopic (exact) mass is 593 g/mol. The van der Waals surface area contributed by atoms with E-state index in [2.05, 4.69) is 12.1 Å². The smallest absolute Gasteiger partial charge is 0.353 e. The lowest BCUT2D eigenvalue weighted by atomic mass is 9.73. The summed E-state index contributed by atoms with van der Waals surface area (Å²) in [5.41, 5.74) is 1.89. The van der Waals surface area contributed by atoms with Crippen molar-refractivity contribution in [1.82, 2.24) is 0 Å². The molecule has 1 aliphatic heterocycles. The van der Waals surface area contributed by atoms with Crippen LogP contribution < -0.4 is 9.64 Å². The molecule has 43 heavy (non-hydrogen) atoms. The molecule has 1 saturated heterocycles.